The lowest BCUT2D eigenvalue weighted by Gasteiger charge is -2.36. The molecule has 1 fully saturated rings. The van der Waals surface area contributed by atoms with Gasteiger partial charge in [0.25, 0.3) is 5.91 Å². The highest BCUT2D eigenvalue weighted by atomic mass is 19.1. The molecule has 1 aliphatic heterocycles. The van der Waals surface area contributed by atoms with E-state index in [1.165, 1.54) is 12.1 Å². The third-order valence-corrected chi connectivity index (χ3v) is 4.76. The molecule has 6 nitrogen and oxygen atoms in total. The highest BCUT2D eigenvalue weighted by Crippen LogP contribution is 2.17. The first-order chi connectivity index (χ1) is 14.0. The number of hydrogen-bond donors (Lipinski definition) is 0. The summed E-state index contributed by atoms with van der Waals surface area (Å²) in [4.78, 5) is 28.1. The Kier molecular flexibility index (Phi) is 7.05. The summed E-state index contributed by atoms with van der Waals surface area (Å²) < 4.78 is 23.6. The van der Waals surface area contributed by atoms with Crippen LogP contribution >= 0.6 is 0 Å². The molecule has 1 amide bonds. The van der Waals surface area contributed by atoms with E-state index in [1.807, 2.05) is 19.1 Å². The molecule has 3 rings (SSSR count). The minimum absolute atomic E-state index is 0.109. The van der Waals surface area contributed by atoms with Crippen LogP contribution in [0.25, 0.3) is 0 Å². The standard InChI is InChI=1S/C22H25FN2O4/c1-2-28-20-9-3-17(4-10-20)15-22(27)29-16-21(26)25-13-11-24(12-14-25)19-7-5-18(23)6-8-19/h3-10H,2,11-16H2,1H3. The molecule has 0 saturated carbocycles. The van der Waals surface area contributed by atoms with Gasteiger partial charge in [-0.2, -0.15) is 0 Å². The zero-order valence-corrected chi connectivity index (χ0v) is 16.5. The van der Waals surface area contributed by atoms with Gasteiger partial charge >= 0.3 is 5.97 Å². The smallest absolute Gasteiger partial charge is 0.310 e. The van der Waals surface area contributed by atoms with Crippen LogP contribution in [0.3, 0.4) is 0 Å². The monoisotopic (exact) mass is 400 g/mol. The Hall–Kier alpha value is -3.09. The van der Waals surface area contributed by atoms with E-state index in [0.717, 1.165) is 17.0 Å². The van der Waals surface area contributed by atoms with Gasteiger partial charge in [-0.15, -0.1) is 0 Å². The van der Waals surface area contributed by atoms with Crippen LogP contribution in [0.15, 0.2) is 48.5 Å². The second-order valence-electron chi connectivity index (χ2n) is 6.76. The van der Waals surface area contributed by atoms with Crippen LogP contribution in [0.2, 0.25) is 0 Å². The molecule has 0 bridgehead atoms. The zero-order valence-electron chi connectivity index (χ0n) is 16.5. The van der Waals surface area contributed by atoms with Crippen molar-refractivity contribution >= 4 is 17.6 Å². The number of esters is 1. The van der Waals surface area contributed by atoms with Gasteiger partial charge in [0.05, 0.1) is 13.0 Å². The van der Waals surface area contributed by atoms with Crippen molar-refractivity contribution in [3.8, 4) is 5.75 Å². The van der Waals surface area contributed by atoms with E-state index in [1.54, 1.807) is 29.2 Å². The van der Waals surface area contributed by atoms with Gasteiger partial charge in [-0.25, -0.2) is 4.39 Å². The second kappa shape index (κ2) is 9.91. The number of hydrogen-bond acceptors (Lipinski definition) is 5. The number of rotatable bonds is 7. The third-order valence-electron chi connectivity index (χ3n) is 4.76. The Balaban J connectivity index is 1.40. The van der Waals surface area contributed by atoms with E-state index in [4.69, 9.17) is 9.47 Å². The molecule has 0 radical (unpaired) electrons. The Morgan fingerprint density at radius 3 is 2.24 bits per heavy atom. The maximum atomic E-state index is 13.0. The number of ether oxygens (including phenoxy) is 2. The summed E-state index contributed by atoms with van der Waals surface area (Å²) in [5.41, 5.74) is 1.74. The highest BCUT2D eigenvalue weighted by Gasteiger charge is 2.22. The average molecular weight is 400 g/mol. The molecule has 0 N–H and O–H groups in total. The van der Waals surface area contributed by atoms with Crippen LogP contribution < -0.4 is 9.64 Å². The normalized spacial score (nSPS) is 13.9. The quantitative estimate of drug-likeness (QED) is 0.669. The van der Waals surface area contributed by atoms with Crippen LogP contribution in [0.1, 0.15) is 12.5 Å². The molecular formula is C22H25FN2O4. The number of benzene rings is 2. The molecule has 0 spiro atoms. The van der Waals surface area contributed by atoms with E-state index in [2.05, 4.69) is 4.90 Å². The van der Waals surface area contributed by atoms with Crippen molar-refractivity contribution in [2.75, 3.05) is 44.3 Å². The minimum atomic E-state index is -0.438. The van der Waals surface area contributed by atoms with E-state index in [0.29, 0.717) is 32.8 Å². The molecule has 7 heteroatoms. The molecule has 0 aliphatic carbocycles. The van der Waals surface area contributed by atoms with Crippen molar-refractivity contribution in [3.05, 3.63) is 59.9 Å². The lowest BCUT2D eigenvalue weighted by atomic mass is 10.1. The molecule has 1 saturated heterocycles. The van der Waals surface area contributed by atoms with Crippen molar-refractivity contribution < 1.29 is 23.5 Å². The van der Waals surface area contributed by atoms with Gasteiger partial charge in [0, 0.05) is 31.9 Å². The maximum Gasteiger partial charge on any atom is 0.310 e. The summed E-state index contributed by atoms with van der Waals surface area (Å²) in [7, 11) is 0. The lowest BCUT2D eigenvalue weighted by molar-refractivity contribution is -0.151. The topological polar surface area (TPSA) is 59.1 Å². The van der Waals surface area contributed by atoms with E-state index >= 15 is 0 Å². The second-order valence-corrected chi connectivity index (χ2v) is 6.76. The largest absolute Gasteiger partial charge is 0.494 e. The van der Waals surface area contributed by atoms with Crippen molar-refractivity contribution in [1.82, 2.24) is 4.90 Å². The van der Waals surface area contributed by atoms with Gasteiger partial charge < -0.3 is 19.3 Å². The number of halogens is 1. The van der Waals surface area contributed by atoms with E-state index < -0.39 is 5.97 Å². The molecule has 29 heavy (non-hydrogen) atoms. The van der Waals surface area contributed by atoms with Gasteiger partial charge in [-0.3, -0.25) is 9.59 Å². The fraction of sp³-hybridized carbons (Fsp3) is 0.364. The first-order valence-electron chi connectivity index (χ1n) is 9.71. The zero-order chi connectivity index (χ0) is 20.6. The van der Waals surface area contributed by atoms with Crippen molar-refractivity contribution in [1.29, 1.82) is 0 Å². The summed E-state index contributed by atoms with van der Waals surface area (Å²) in [6, 6.07) is 13.5. The summed E-state index contributed by atoms with van der Waals surface area (Å²) in [6.07, 6.45) is 0.109. The number of carbonyl (C=O) groups excluding carboxylic acids is 2. The molecule has 154 valence electrons. The molecule has 0 aromatic heterocycles. The molecular weight excluding hydrogens is 375 g/mol. The van der Waals surface area contributed by atoms with Gasteiger partial charge in [0.15, 0.2) is 6.61 Å². The van der Waals surface area contributed by atoms with Gasteiger partial charge in [0.2, 0.25) is 0 Å². The van der Waals surface area contributed by atoms with Crippen molar-refractivity contribution in [3.63, 3.8) is 0 Å². The van der Waals surface area contributed by atoms with Crippen LogP contribution in [0, 0.1) is 5.82 Å². The van der Waals surface area contributed by atoms with E-state index in [-0.39, 0.29) is 24.8 Å². The van der Waals surface area contributed by atoms with Gasteiger partial charge in [0.1, 0.15) is 11.6 Å². The molecule has 0 unspecified atom stereocenters. The molecule has 0 atom stereocenters. The van der Waals surface area contributed by atoms with Gasteiger partial charge in [-0.1, -0.05) is 12.1 Å². The maximum absolute atomic E-state index is 13.0. The van der Waals surface area contributed by atoms with Crippen LogP contribution in [-0.2, 0) is 20.7 Å². The summed E-state index contributed by atoms with van der Waals surface area (Å²) in [5.74, 6) is -0.162. The summed E-state index contributed by atoms with van der Waals surface area (Å²) in [6.45, 7) is 4.60. The minimum Gasteiger partial charge on any atom is -0.494 e. The molecule has 1 heterocycles. The number of carbonyl (C=O) groups is 2. The fourth-order valence-electron chi connectivity index (χ4n) is 3.19. The molecule has 2 aromatic carbocycles. The average Bonchev–Trinajstić information content (AvgIpc) is 2.74. The number of amides is 1. The Bertz CT molecular complexity index is 816. The Morgan fingerprint density at radius 2 is 1.62 bits per heavy atom. The summed E-state index contributed by atoms with van der Waals surface area (Å²) in [5, 5.41) is 0. The molecule has 2 aromatic rings. The Morgan fingerprint density at radius 1 is 0.966 bits per heavy atom. The number of nitrogens with zero attached hydrogens (tertiary/aromatic N) is 2. The first kappa shape index (κ1) is 20.6. The Labute approximate surface area is 169 Å². The third kappa shape index (κ3) is 5.94. The van der Waals surface area contributed by atoms with Crippen LogP contribution in [0.5, 0.6) is 5.75 Å². The lowest BCUT2D eigenvalue weighted by Crippen LogP contribution is -2.50. The number of anilines is 1. The van der Waals surface area contributed by atoms with Crippen molar-refractivity contribution in [2.24, 2.45) is 0 Å². The predicted octanol–water partition coefficient (Wildman–Crippen LogP) is 2.66. The highest BCUT2D eigenvalue weighted by molar-refractivity contribution is 5.81. The van der Waals surface area contributed by atoms with Crippen molar-refractivity contribution in [2.45, 2.75) is 13.3 Å². The van der Waals surface area contributed by atoms with Crippen LogP contribution in [-0.4, -0.2) is 56.2 Å². The van der Waals surface area contributed by atoms with Crippen LogP contribution in [0.4, 0.5) is 10.1 Å². The predicted molar refractivity (Wildman–Crippen MR) is 107 cm³/mol. The first-order valence-corrected chi connectivity index (χ1v) is 9.71. The van der Waals surface area contributed by atoms with E-state index in [9.17, 15) is 14.0 Å². The fourth-order valence-corrected chi connectivity index (χ4v) is 3.19. The van der Waals surface area contributed by atoms with Gasteiger partial charge in [-0.05, 0) is 48.9 Å². The summed E-state index contributed by atoms with van der Waals surface area (Å²) >= 11 is 0. The number of piperazine rings is 1. The molecule has 1 aliphatic rings. The SMILES string of the molecule is CCOc1ccc(CC(=O)OCC(=O)N2CCN(c3ccc(F)cc3)CC2)cc1.